The minimum atomic E-state index is -1.10. The smallest absolute Gasteiger partial charge is 0.267 e. The van der Waals surface area contributed by atoms with Crippen LogP contribution < -0.4 is 10.1 Å². The van der Waals surface area contributed by atoms with Crippen molar-refractivity contribution in [3.63, 3.8) is 0 Å². The number of benzene rings is 1. The first kappa shape index (κ1) is 15.9. The highest BCUT2D eigenvalue weighted by Gasteiger charge is 2.18. The Morgan fingerprint density at radius 3 is 2.65 bits per heavy atom. The molecule has 1 heterocycles. The molecule has 2 rings (SSSR count). The summed E-state index contributed by atoms with van der Waals surface area (Å²) < 4.78 is 31.1. The summed E-state index contributed by atoms with van der Waals surface area (Å²) in [6.45, 7) is 1.38. The molecule has 2 aromatic rings. The van der Waals surface area contributed by atoms with Gasteiger partial charge in [-0.3, -0.25) is 10.1 Å². The molecule has 0 aliphatic carbocycles. The maximum Gasteiger partial charge on any atom is 0.267 e. The predicted molar refractivity (Wildman–Crippen MR) is 73.1 cm³/mol. The lowest BCUT2D eigenvalue weighted by molar-refractivity contribution is -0.122. The minimum Gasteiger partial charge on any atom is -0.481 e. The van der Waals surface area contributed by atoms with Crippen molar-refractivity contribution >= 4 is 11.9 Å². The molecule has 0 unspecified atom stereocenters. The number of amides is 1. The molecule has 0 saturated heterocycles. The Hall–Kier alpha value is -3.46. The van der Waals surface area contributed by atoms with Gasteiger partial charge in [0.25, 0.3) is 5.91 Å². The third-order valence-corrected chi connectivity index (χ3v) is 2.74. The van der Waals surface area contributed by atoms with Gasteiger partial charge in [-0.25, -0.2) is 13.8 Å². The van der Waals surface area contributed by atoms with E-state index in [0.717, 1.165) is 12.1 Å². The van der Waals surface area contributed by atoms with Crippen molar-refractivity contribution in [1.82, 2.24) is 9.97 Å². The van der Waals surface area contributed by atoms with E-state index in [2.05, 4.69) is 15.3 Å². The summed E-state index contributed by atoms with van der Waals surface area (Å²) in [5.74, 6) is -2.90. The van der Waals surface area contributed by atoms with Crippen molar-refractivity contribution in [3.8, 4) is 17.9 Å². The summed E-state index contributed by atoms with van der Waals surface area (Å²) >= 11 is 0. The second kappa shape index (κ2) is 6.54. The molecule has 0 spiro atoms. The van der Waals surface area contributed by atoms with Crippen LogP contribution >= 0.6 is 0 Å². The van der Waals surface area contributed by atoms with E-state index in [-0.39, 0.29) is 23.1 Å². The Bertz CT molecular complexity index is 803. The predicted octanol–water partition coefficient (Wildman–Crippen LogP) is 1.84. The van der Waals surface area contributed by atoms with Crippen LogP contribution in [0, 0.1) is 34.3 Å². The molecule has 116 valence electrons. The Morgan fingerprint density at radius 2 is 2.09 bits per heavy atom. The molecule has 7 nitrogen and oxygen atoms in total. The van der Waals surface area contributed by atoms with Gasteiger partial charge >= 0.3 is 0 Å². The van der Waals surface area contributed by atoms with E-state index < -0.39 is 23.6 Å². The number of halogens is 2. The van der Waals surface area contributed by atoms with Crippen molar-refractivity contribution in [2.45, 2.75) is 13.0 Å². The normalized spacial score (nSPS) is 11.2. The topological polar surface area (TPSA) is 115 Å². The molecule has 0 bridgehead atoms. The summed E-state index contributed by atoms with van der Waals surface area (Å²) in [6, 6.07) is 6.28. The van der Waals surface area contributed by atoms with Crippen LogP contribution in [0.25, 0.3) is 0 Å². The number of aromatic amines is 1. The fourth-order valence-corrected chi connectivity index (χ4v) is 1.62. The number of nitrogens with one attached hydrogen (secondary N) is 2. The van der Waals surface area contributed by atoms with Crippen LogP contribution in [0.2, 0.25) is 0 Å². The number of H-pyrrole nitrogens is 1. The van der Waals surface area contributed by atoms with Gasteiger partial charge in [0.15, 0.2) is 29.1 Å². The standard InChI is InChI=1S/C14H9F2N5O2/c1-7(23-8-2-3-9(15)10(16)4-8)13(22)21-14-19-11(5-17)12(6-18)20-14/h2-4,7H,1H3,(H2,19,20,21,22)/t7-/m1/s1. The Morgan fingerprint density at radius 1 is 1.35 bits per heavy atom. The molecule has 0 saturated carbocycles. The molecular weight excluding hydrogens is 308 g/mol. The number of nitriles is 2. The second-order valence-corrected chi connectivity index (χ2v) is 4.36. The lowest BCUT2D eigenvalue weighted by Gasteiger charge is -2.13. The van der Waals surface area contributed by atoms with Crippen LogP contribution in [0.1, 0.15) is 18.3 Å². The Labute approximate surface area is 129 Å². The number of anilines is 1. The Balaban J connectivity index is 2.05. The number of hydrogen-bond acceptors (Lipinski definition) is 5. The molecule has 0 aliphatic rings. The van der Waals surface area contributed by atoms with Crippen LogP contribution in [-0.2, 0) is 4.79 Å². The summed E-state index contributed by atoms with van der Waals surface area (Å²) in [4.78, 5) is 18.1. The van der Waals surface area contributed by atoms with Crippen LogP contribution in [-0.4, -0.2) is 22.0 Å². The first-order valence-electron chi connectivity index (χ1n) is 6.27. The molecule has 0 aliphatic heterocycles. The molecule has 1 amide bonds. The molecule has 9 heteroatoms. The fraction of sp³-hybridized carbons (Fsp3) is 0.143. The number of ether oxygens (including phenoxy) is 1. The lowest BCUT2D eigenvalue weighted by Crippen LogP contribution is -2.30. The summed E-state index contributed by atoms with van der Waals surface area (Å²) in [5, 5.41) is 19.9. The largest absolute Gasteiger partial charge is 0.481 e. The molecule has 0 radical (unpaired) electrons. The van der Waals surface area contributed by atoms with Gasteiger partial charge in [0.1, 0.15) is 17.9 Å². The number of nitrogens with zero attached hydrogens (tertiary/aromatic N) is 3. The van der Waals surface area contributed by atoms with E-state index in [1.807, 2.05) is 0 Å². The lowest BCUT2D eigenvalue weighted by atomic mass is 10.3. The zero-order valence-electron chi connectivity index (χ0n) is 11.7. The number of carbonyl (C=O) groups excluding carboxylic acids is 1. The number of rotatable bonds is 4. The number of imidazole rings is 1. The third-order valence-electron chi connectivity index (χ3n) is 2.74. The van der Waals surface area contributed by atoms with Crippen molar-refractivity contribution in [1.29, 1.82) is 10.5 Å². The minimum absolute atomic E-state index is 0.0265. The molecule has 1 atom stereocenters. The van der Waals surface area contributed by atoms with Gasteiger partial charge in [-0.2, -0.15) is 10.5 Å². The van der Waals surface area contributed by atoms with E-state index in [1.54, 1.807) is 12.1 Å². The quantitative estimate of drug-likeness (QED) is 0.893. The third kappa shape index (κ3) is 3.60. The fourth-order valence-electron chi connectivity index (χ4n) is 1.62. The molecular formula is C14H9F2N5O2. The highest BCUT2D eigenvalue weighted by molar-refractivity contribution is 5.92. The SMILES string of the molecule is C[C@@H](Oc1ccc(F)c(F)c1)C(=O)Nc1nc(C#N)c(C#N)[nH]1. The van der Waals surface area contributed by atoms with Crippen LogP contribution in [0.5, 0.6) is 5.75 Å². The van der Waals surface area contributed by atoms with E-state index in [4.69, 9.17) is 15.3 Å². The van der Waals surface area contributed by atoms with Gasteiger partial charge in [-0.05, 0) is 19.1 Å². The Kier molecular flexibility index (Phi) is 4.52. The van der Waals surface area contributed by atoms with E-state index in [1.165, 1.54) is 13.0 Å². The molecule has 1 aromatic carbocycles. The van der Waals surface area contributed by atoms with Gasteiger partial charge in [-0.1, -0.05) is 0 Å². The highest BCUT2D eigenvalue weighted by atomic mass is 19.2. The molecule has 1 aromatic heterocycles. The van der Waals surface area contributed by atoms with Crippen LogP contribution in [0.4, 0.5) is 14.7 Å². The maximum atomic E-state index is 13.1. The van der Waals surface area contributed by atoms with E-state index in [9.17, 15) is 13.6 Å². The first-order valence-corrected chi connectivity index (χ1v) is 6.27. The van der Waals surface area contributed by atoms with E-state index >= 15 is 0 Å². The number of hydrogen-bond donors (Lipinski definition) is 2. The van der Waals surface area contributed by atoms with Crippen LogP contribution in [0.15, 0.2) is 18.2 Å². The van der Waals surface area contributed by atoms with Crippen molar-refractivity contribution in [2.24, 2.45) is 0 Å². The van der Waals surface area contributed by atoms with Gasteiger partial charge in [0.05, 0.1) is 0 Å². The van der Waals surface area contributed by atoms with Gasteiger partial charge in [0, 0.05) is 6.07 Å². The number of carbonyl (C=O) groups is 1. The average Bonchev–Trinajstić information content (AvgIpc) is 2.92. The summed E-state index contributed by atoms with van der Waals surface area (Å²) in [6.07, 6.45) is -1.05. The average molecular weight is 317 g/mol. The van der Waals surface area contributed by atoms with Crippen molar-refractivity contribution in [2.75, 3.05) is 5.32 Å². The molecule has 2 N–H and O–H groups in total. The zero-order chi connectivity index (χ0) is 17.0. The van der Waals surface area contributed by atoms with Gasteiger partial charge in [0.2, 0.25) is 5.95 Å². The molecule has 23 heavy (non-hydrogen) atoms. The van der Waals surface area contributed by atoms with Crippen molar-refractivity contribution in [3.05, 3.63) is 41.2 Å². The first-order chi connectivity index (χ1) is 10.9. The second-order valence-electron chi connectivity index (χ2n) is 4.36. The molecule has 0 fully saturated rings. The highest BCUT2D eigenvalue weighted by Crippen LogP contribution is 2.17. The van der Waals surface area contributed by atoms with E-state index in [0.29, 0.717) is 0 Å². The van der Waals surface area contributed by atoms with Crippen molar-refractivity contribution < 1.29 is 18.3 Å². The summed E-state index contributed by atoms with van der Waals surface area (Å²) in [7, 11) is 0. The number of aromatic nitrogens is 2. The maximum absolute atomic E-state index is 13.1. The van der Waals surface area contributed by atoms with Crippen LogP contribution in [0.3, 0.4) is 0 Å². The summed E-state index contributed by atoms with van der Waals surface area (Å²) in [5.41, 5.74) is -0.242. The van der Waals surface area contributed by atoms with Gasteiger partial charge in [-0.15, -0.1) is 0 Å². The van der Waals surface area contributed by atoms with Gasteiger partial charge < -0.3 is 9.72 Å². The zero-order valence-corrected chi connectivity index (χ0v) is 11.7. The monoisotopic (exact) mass is 317 g/mol.